The Bertz CT molecular complexity index is 631. The third-order valence-corrected chi connectivity index (χ3v) is 3.78. The fourth-order valence-electron chi connectivity index (χ4n) is 1.75. The second-order valence-corrected chi connectivity index (χ2v) is 5.28. The average Bonchev–Trinajstić information content (AvgIpc) is 2.44. The van der Waals surface area contributed by atoms with Crippen LogP contribution in [0.2, 0.25) is 0 Å². The van der Waals surface area contributed by atoms with E-state index in [4.69, 9.17) is 15.9 Å². The summed E-state index contributed by atoms with van der Waals surface area (Å²) in [6.45, 7) is 0. The molecule has 0 atom stereocenters. The topological polar surface area (TPSA) is 59.1 Å². The summed E-state index contributed by atoms with van der Waals surface area (Å²) in [6.07, 6.45) is 0. The Hall–Kier alpha value is -2.01. The molecule has 0 bridgehead atoms. The van der Waals surface area contributed by atoms with E-state index in [1.165, 1.54) is 12.1 Å². The van der Waals surface area contributed by atoms with Gasteiger partial charge in [0.1, 0.15) is 17.4 Å². The molecule has 104 valence electrons. The minimum atomic E-state index is -0.376. The van der Waals surface area contributed by atoms with E-state index in [2.05, 4.69) is 0 Å². The van der Waals surface area contributed by atoms with Crippen molar-refractivity contribution < 1.29 is 9.13 Å². The summed E-state index contributed by atoms with van der Waals surface area (Å²) in [4.78, 5) is 1.04. The summed E-state index contributed by atoms with van der Waals surface area (Å²) in [5, 5.41) is 7.37. The summed E-state index contributed by atoms with van der Waals surface area (Å²) in [6, 6.07) is 12.1. The molecule has 0 spiro atoms. The van der Waals surface area contributed by atoms with Crippen LogP contribution in [-0.2, 0) is 5.75 Å². The molecule has 5 heteroatoms. The maximum Gasteiger partial charge on any atom is 0.124 e. The quantitative estimate of drug-likeness (QED) is 0.504. The van der Waals surface area contributed by atoms with Crippen LogP contribution in [-0.4, -0.2) is 12.9 Å². The second kappa shape index (κ2) is 6.43. The first kappa shape index (κ1) is 14.4. The predicted molar refractivity (Wildman–Crippen MR) is 80.0 cm³/mol. The SMILES string of the molecule is COc1cccc(SCc2cc(F)cc(C(=N)N)c2)c1. The summed E-state index contributed by atoms with van der Waals surface area (Å²) in [5.41, 5.74) is 6.59. The number of hydrogen-bond donors (Lipinski definition) is 2. The lowest BCUT2D eigenvalue weighted by Crippen LogP contribution is -2.11. The Balaban J connectivity index is 2.12. The van der Waals surface area contributed by atoms with Crippen molar-refractivity contribution in [1.82, 2.24) is 0 Å². The number of methoxy groups -OCH3 is 1. The highest BCUT2D eigenvalue weighted by atomic mass is 32.2. The molecule has 2 aromatic carbocycles. The molecule has 0 saturated heterocycles. The van der Waals surface area contributed by atoms with Gasteiger partial charge in [0.15, 0.2) is 0 Å². The molecule has 0 aliphatic carbocycles. The fraction of sp³-hybridized carbons (Fsp3) is 0.133. The van der Waals surface area contributed by atoms with Gasteiger partial charge in [-0.15, -0.1) is 11.8 Å². The van der Waals surface area contributed by atoms with Gasteiger partial charge in [-0.3, -0.25) is 5.41 Å². The smallest absolute Gasteiger partial charge is 0.124 e. The number of nitrogens with one attached hydrogen (secondary N) is 1. The van der Waals surface area contributed by atoms with Gasteiger partial charge in [-0.05, 0) is 42.0 Å². The molecule has 0 aliphatic rings. The van der Waals surface area contributed by atoms with Gasteiger partial charge in [-0.2, -0.15) is 0 Å². The van der Waals surface area contributed by atoms with Gasteiger partial charge in [-0.1, -0.05) is 6.07 Å². The van der Waals surface area contributed by atoms with Gasteiger partial charge in [0, 0.05) is 16.2 Å². The molecule has 0 heterocycles. The van der Waals surface area contributed by atoms with E-state index < -0.39 is 0 Å². The highest BCUT2D eigenvalue weighted by molar-refractivity contribution is 7.98. The summed E-state index contributed by atoms with van der Waals surface area (Å²) in [7, 11) is 1.62. The molecule has 0 fully saturated rings. The van der Waals surface area contributed by atoms with Crippen molar-refractivity contribution in [2.45, 2.75) is 10.6 Å². The van der Waals surface area contributed by atoms with E-state index in [1.807, 2.05) is 24.3 Å². The van der Waals surface area contributed by atoms with Crippen LogP contribution in [0.3, 0.4) is 0 Å². The molecule has 2 aromatic rings. The highest BCUT2D eigenvalue weighted by Gasteiger charge is 2.04. The molecule has 0 saturated carbocycles. The van der Waals surface area contributed by atoms with E-state index in [1.54, 1.807) is 24.9 Å². The molecule has 0 aromatic heterocycles. The van der Waals surface area contributed by atoms with Crippen LogP contribution in [0.25, 0.3) is 0 Å². The average molecular weight is 290 g/mol. The number of nitrogen functional groups attached to an aromatic ring is 1. The lowest BCUT2D eigenvalue weighted by molar-refractivity contribution is 0.413. The first-order valence-corrected chi connectivity index (χ1v) is 6.98. The van der Waals surface area contributed by atoms with Crippen LogP contribution in [0.15, 0.2) is 47.4 Å². The molecule has 2 rings (SSSR count). The molecule has 0 radical (unpaired) electrons. The van der Waals surface area contributed by atoms with Gasteiger partial charge >= 0.3 is 0 Å². The van der Waals surface area contributed by atoms with Gasteiger partial charge in [0.25, 0.3) is 0 Å². The molecule has 3 N–H and O–H groups in total. The van der Waals surface area contributed by atoms with Crippen molar-refractivity contribution >= 4 is 17.6 Å². The molecular formula is C15H15FN2OS. The predicted octanol–water partition coefficient (Wildman–Crippen LogP) is 3.41. The number of ether oxygens (including phenoxy) is 1. The Morgan fingerprint density at radius 1 is 1.30 bits per heavy atom. The molecule has 3 nitrogen and oxygen atoms in total. The minimum Gasteiger partial charge on any atom is -0.497 e. The zero-order valence-electron chi connectivity index (χ0n) is 11.0. The van der Waals surface area contributed by atoms with Crippen LogP contribution >= 0.6 is 11.8 Å². The van der Waals surface area contributed by atoms with Crippen molar-refractivity contribution in [3.8, 4) is 5.75 Å². The van der Waals surface area contributed by atoms with Crippen LogP contribution in [0.5, 0.6) is 5.75 Å². The molecule has 0 aliphatic heterocycles. The third-order valence-electron chi connectivity index (χ3n) is 2.72. The number of amidine groups is 1. The highest BCUT2D eigenvalue weighted by Crippen LogP contribution is 2.26. The lowest BCUT2D eigenvalue weighted by atomic mass is 10.1. The van der Waals surface area contributed by atoms with Crippen molar-refractivity contribution in [2.24, 2.45) is 5.73 Å². The van der Waals surface area contributed by atoms with Crippen molar-refractivity contribution in [3.63, 3.8) is 0 Å². The first-order valence-electron chi connectivity index (χ1n) is 5.99. The van der Waals surface area contributed by atoms with E-state index in [-0.39, 0.29) is 11.7 Å². The lowest BCUT2D eigenvalue weighted by Gasteiger charge is -2.06. The Morgan fingerprint density at radius 2 is 2.10 bits per heavy atom. The molecule has 0 unspecified atom stereocenters. The number of rotatable bonds is 5. The number of hydrogen-bond acceptors (Lipinski definition) is 3. The van der Waals surface area contributed by atoms with Crippen LogP contribution in [0.4, 0.5) is 4.39 Å². The van der Waals surface area contributed by atoms with Gasteiger partial charge < -0.3 is 10.5 Å². The first-order chi connectivity index (χ1) is 9.58. The standard InChI is InChI=1S/C15H15FN2OS/c1-19-13-3-2-4-14(8-13)20-9-10-5-11(15(17)18)7-12(16)6-10/h2-8H,9H2,1H3,(H3,17,18). The van der Waals surface area contributed by atoms with E-state index in [9.17, 15) is 4.39 Å². The van der Waals surface area contributed by atoms with Crippen molar-refractivity contribution in [2.75, 3.05) is 7.11 Å². The molecular weight excluding hydrogens is 275 g/mol. The van der Waals surface area contributed by atoms with Gasteiger partial charge in [-0.25, -0.2) is 4.39 Å². The van der Waals surface area contributed by atoms with Gasteiger partial charge in [0.2, 0.25) is 0 Å². The normalized spacial score (nSPS) is 10.3. The van der Waals surface area contributed by atoms with Crippen molar-refractivity contribution in [1.29, 1.82) is 5.41 Å². The van der Waals surface area contributed by atoms with Crippen LogP contribution in [0.1, 0.15) is 11.1 Å². The summed E-state index contributed by atoms with van der Waals surface area (Å²) in [5.74, 6) is 0.889. The van der Waals surface area contributed by atoms with E-state index >= 15 is 0 Å². The van der Waals surface area contributed by atoms with E-state index in [0.29, 0.717) is 11.3 Å². The second-order valence-electron chi connectivity index (χ2n) is 4.23. The maximum atomic E-state index is 13.5. The number of nitrogens with two attached hydrogens (primary N) is 1. The summed E-state index contributed by atoms with van der Waals surface area (Å²) < 4.78 is 18.6. The molecule has 0 amide bonds. The number of thioether (sulfide) groups is 1. The Morgan fingerprint density at radius 3 is 2.80 bits per heavy atom. The summed E-state index contributed by atoms with van der Waals surface area (Å²) >= 11 is 1.57. The fourth-order valence-corrected chi connectivity index (χ4v) is 2.62. The van der Waals surface area contributed by atoms with Crippen molar-refractivity contribution in [3.05, 3.63) is 59.4 Å². The van der Waals surface area contributed by atoms with Gasteiger partial charge in [0.05, 0.1) is 7.11 Å². The Labute approximate surface area is 121 Å². The third kappa shape index (κ3) is 3.74. The van der Waals surface area contributed by atoms with Crippen LogP contribution in [0, 0.1) is 11.2 Å². The maximum absolute atomic E-state index is 13.5. The van der Waals surface area contributed by atoms with Crippen LogP contribution < -0.4 is 10.5 Å². The van der Waals surface area contributed by atoms with E-state index in [0.717, 1.165) is 16.2 Å². The number of benzene rings is 2. The zero-order valence-corrected chi connectivity index (χ0v) is 11.8. The zero-order chi connectivity index (χ0) is 14.5. The Kier molecular flexibility index (Phi) is 4.63. The monoisotopic (exact) mass is 290 g/mol. The minimum absolute atomic E-state index is 0.128. The number of halogens is 1. The largest absolute Gasteiger partial charge is 0.497 e. The molecule has 20 heavy (non-hydrogen) atoms.